The minimum absolute atomic E-state index is 0.165. The number of tetrazole rings is 1. The van der Waals surface area contributed by atoms with Crippen LogP contribution in [0.2, 0.25) is 0 Å². The average Bonchev–Trinajstić information content (AvgIpc) is 3.14. The normalized spacial score (nSPS) is 21.3. The van der Waals surface area contributed by atoms with Crippen molar-refractivity contribution < 1.29 is 0 Å². The first-order valence-corrected chi connectivity index (χ1v) is 10.6. The molecule has 2 aliphatic rings. The van der Waals surface area contributed by atoms with Crippen molar-refractivity contribution in [3.8, 4) is 0 Å². The Kier molecular flexibility index (Phi) is 5.36. The third kappa shape index (κ3) is 3.75. The number of rotatable bonds is 4. The van der Waals surface area contributed by atoms with E-state index in [2.05, 4.69) is 56.3 Å². The van der Waals surface area contributed by atoms with Crippen LogP contribution in [0.5, 0.6) is 0 Å². The molecule has 0 radical (unpaired) electrons. The van der Waals surface area contributed by atoms with E-state index < -0.39 is 0 Å². The molecule has 0 amide bonds. The summed E-state index contributed by atoms with van der Waals surface area (Å²) in [6, 6.07) is 9.54. The number of hydrogen-bond acceptors (Lipinski definition) is 5. The van der Waals surface area contributed by atoms with Crippen LogP contribution in [0.4, 0.5) is 0 Å². The van der Waals surface area contributed by atoms with Crippen molar-refractivity contribution in [1.82, 2.24) is 25.1 Å². The summed E-state index contributed by atoms with van der Waals surface area (Å²) in [5.41, 5.74) is 2.60. The minimum Gasteiger partial charge on any atom is -0.288 e. The fourth-order valence-corrected chi connectivity index (χ4v) is 5.01. The van der Waals surface area contributed by atoms with Gasteiger partial charge in [0.1, 0.15) is 0 Å². The Bertz CT molecular complexity index is 671. The number of benzene rings is 1. The minimum atomic E-state index is 0.165. The summed E-state index contributed by atoms with van der Waals surface area (Å²) in [7, 11) is 0. The molecule has 1 aromatic heterocycles. The van der Waals surface area contributed by atoms with Crippen molar-refractivity contribution >= 4 is 11.8 Å². The zero-order valence-corrected chi connectivity index (χ0v) is 15.8. The molecule has 1 aliphatic carbocycles. The summed E-state index contributed by atoms with van der Waals surface area (Å²) in [5, 5.41) is 13.0. The van der Waals surface area contributed by atoms with Gasteiger partial charge in [-0.3, -0.25) is 4.90 Å². The van der Waals surface area contributed by atoms with Crippen molar-refractivity contribution in [2.75, 3.05) is 24.6 Å². The van der Waals surface area contributed by atoms with Crippen molar-refractivity contribution in [3.05, 3.63) is 41.2 Å². The average molecular weight is 358 g/mol. The number of thioether (sulfide) groups is 1. The lowest BCUT2D eigenvalue weighted by molar-refractivity contribution is 0.222. The second-order valence-corrected chi connectivity index (χ2v) is 8.46. The molecule has 0 bridgehead atoms. The van der Waals surface area contributed by atoms with Gasteiger partial charge in [0.15, 0.2) is 5.82 Å². The molecule has 1 saturated carbocycles. The molecule has 6 heteroatoms. The van der Waals surface area contributed by atoms with Gasteiger partial charge in [0, 0.05) is 24.6 Å². The molecule has 1 unspecified atom stereocenters. The van der Waals surface area contributed by atoms with E-state index in [1.165, 1.54) is 54.7 Å². The van der Waals surface area contributed by atoms with Crippen LogP contribution in [-0.2, 0) is 0 Å². The lowest BCUT2D eigenvalue weighted by Gasteiger charge is -2.35. The molecule has 4 rings (SSSR count). The van der Waals surface area contributed by atoms with Gasteiger partial charge in [-0.25, -0.2) is 4.68 Å². The van der Waals surface area contributed by atoms with E-state index in [1.807, 2.05) is 11.8 Å². The maximum atomic E-state index is 4.52. The molecule has 2 aromatic rings. The van der Waals surface area contributed by atoms with Crippen LogP contribution < -0.4 is 0 Å². The molecule has 2 heterocycles. The van der Waals surface area contributed by atoms with Crippen LogP contribution in [0.3, 0.4) is 0 Å². The molecule has 1 aromatic carbocycles. The Labute approximate surface area is 154 Å². The molecule has 5 nitrogen and oxygen atoms in total. The molecule has 0 spiro atoms. The second kappa shape index (κ2) is 7.87. The Hall–Kier alpha value is -1.40. The number of hydrogen-bond donors (Lipinski definition) is 0. The highest BCUT2D eigenvalue weighted by Gasteiger charge is 2.31. The zero-order chi connectivity index (χ0) is 17.1. The summed E-state index contributed by atoms with van der Waals surface area (Å²) >= 11 is 2.04. The second-order valence-electron chi connectivity index (χ2n) is 7.24. The fraction of sp³-hybridized carbons (Fsp3) is 0.632. The standard InChI is InChI=1S/C19H27N5S/c1-15-7-9-16(10-8-15)18(23-11-13-25-14-12-23)19-20-21-22-24(19)17-5-3-2-4-6-17/h7-10,17-18H,2-6,11-14H2,1H3. The van der Waals surface area contributed by atoms with Crippen LogP contribution in [0.15, 0.2) is 24.3 Å². The fourth-order valence-electron chi connectivity index (χ4n) is 4.07. The maximum absolute atomic E-state index is 4.52. The molecular formula is C19H27N5S. The SMILES string of the molecule is Cc1ccc(C(c2nnnn2C2CCCCC2)N2CCSCC2)cc1. The van der Waals surface area contributed by atoms with E-state index >= 15 is 0 Å². The molecule has 2 fully saturated rings. The van der Waals surface area contributed by atoms with E-state index in [1.54, 1.807) is 0 Å². The highest BCUT2D eigenvalue weighted by molar-refractivity contribution is 7.99. The number of aryl methyl sites for hydroxylation is 1. The van der Waals surface area contributed by atoms with Gasteiger partial charge >= 0.3 is 0 Å². The molecule has 1 atom stereocenters. The number of aromatic nitrogens is 4. The van der Waals surface area contributed by atoms with Gasteiger partial charge < -0.3 is 0 Å². The monoisotopic (exact) mass is 357 g/mol. The van der Waals surface area contributed by atoms with Crippen molar-refractivity contribution in [3.63, 3.8) is 0 Å². The molecule has 1 aliphatic heterocycles. The van der Waals surface area contributed by atoms with E-state index in [-0.39, 0.29) is 6.04 Å². The summed E-state index contributed by atoms with van der Waals surface area (Å²) in [6.07, 6.45) is 6.33. The highest BCUT2D eigenvalue weighted by atomic mass is 32.2. The smallest absolute Gasteiger partial charge is 0.173 e. The van der Waals surface area contributed by atoms with E-state index in [0.29, 0.717) is 6.04 Å². The van der Waals surface area contributed by atoms with Gasteiger partial charge in [-0.1, -0.05) is 49.1 Å². The van der Waals surface area contributed by atoms with Crippen LogP contribution >= 0.6 is 11.8 Å². The summed E-state index contributed by atoms with van der Waals surface area (Å²) in [4.78, 5) is 2.56. The summed E-state index contributed by atoms with van der Waals surface area (Å²) in [6.45, 7) is 4.34. The number of nitrogens with zero attached hydrogens (tertiary/aromatic N) is 5. The topological polar surface area (TPSA) is 46.8 Å². The highest BCUT2D eigenvalue weighted by Crippen LogP contribution is 2.34. The first-order valence-electron chi connectivity index (χ1n) is 9.49. The summed E-state index contributed by atoms with van der Waals surface area (Å²) < 4.78 is 2.14. The van der Waals surface area contributed by atoms with Gasteiger partial charge in [0.2, 0.25) is 0 Å². The van der Waals surface area contributed by atoms with Crippen LogP contribution in [0.25, 0.3) is 0 Å². The predicted molar refractivity (Wildman–Crippen MR) is 102 cm³/mol. The molecule has 134 valence electrons. The van der Waals surface area contributed by atoms with Crippen molar-refractivity contribution in [2.24, 2.45) is 0 Å². The lowest BCUT2D eigenvalue weighted by atomic mass is 9.95. The Balaban J connectivity index is 1.70. The Morgan fingerprint density at radius 3 is 2.48 bits per heavy atom. The Morgan fingerprint density at radius 2 is 1.76 bits per heavy atom. The first-order chi connectivity index (χ1) is 12.3. The van der Waals surface area contributed by atoms with Gasteiger partial charge in [-0.2, -0.15) is 11.8 Å². The predicted octanol–water partition coefficient (Wildman–Crippen LogP) is 3.62. The van der Waals surface area contributed by atoms with Gasteiger partial charge in [-0.15, -0.1) is 5.10 Å². The largest absolute Gasteiger partial charge is 0.288 e. The van der Waals surface area contributed by atoms with Crippen LogP contribution in [0, 0.1) is 6.92 Å². The zero-order valence-electron chi connectivity index (χ0n) is 15.0. The van der Waals surface area contributed by atoms with Gasteiger partial charge in [0.25, 0.3) is 0 Å². The van der Waals surface area contributed by atoms with Gasteiger partial charge in [-0.05, 0) is 35.8 Å². The molecular weight excluding hydrogens is 330 g/mol. The summed E-state index contributed by atoms with van der Waals surface area (Å²) in [5.74, 6) is 3.41. The molecule has 25 heavy (non-hydrogen) atoms. The van der Waals surface area contributed by atoms with E-state index in [0.717, 1.165) is 18.9 Å². The lowest BCUT2D eigenvalue weighted by Crippen LogP contribution is -2.38. The quantitative estimate of drug-likeness (QED) is 0.836. The van der Waals surface area contributed by atoms with Crippen LogP contribution in [0.1, 0.15) is 61.1 Å². The molecule has 1 saturated heterocycles. The molecule has 0 N–H and O–H groups in total. The first kappa shape index (κ1) is 17.0. The van der Waals surface area contributed by atoms with Crippen LogP contribution in [-0.4, -0.2) is 49.7 Å². The third-order valence-corrected chi connectivity index (χ3v) is 6.43. The Morgan fingerprint density at radius 1 is 1.04 bits per heavy atom. The van der Waals surface area contributed by atoms with E-state index in [9.17, 15) is 0 Å². The van der Waals surface area contributed by atoms with Crippen molar-refractivity contribution in [2.45, 2.75) is 51.1 Å². The van der Waals surface area contributed by atoms with Crippen molar-refractivity contribution in [1.29, 1.82) is 0 Å². The maximum Gasteiger partial charge on any atom is 0.173 e. The van der Waals surface area contributed by atoms with E-state index in [4.69, 9.17) is 0 Å². The van der Waals surface area contributed by atoms with Gasteiger partial charge in [0.05, 0.1) is 12.1 Å². The third-order valence-electron chi connectivity index (χ3n) is 5.49.